The number of fused-ring (bicyclic) bond motifs is 2. The van der Waals surface area contributed by atoms with Crippen molar-refractivity contribution in [3.8, 4) is 5.75 Å². The molecule has 1 saturated heterocycles. The molecule has 8 nitrogen and oxygen atoms in total. The number of aromatic nitrogens is 1. The zero-order valence-electron chi connectivity index (χ0n) is 20.1. The summed E-state index contributed by atoms with van der Waals surface area (Å²) in [4.78, 5) is 57.0. The largest absolute Gasteiger partial charge is 0.483 e. The van der Waals surface area contributed by atoms with Crippen LogP contribution in [0.15, 0.2) is 93.2 Å². The first-order valence-electron chi connectivity index (χ1n) is 12.0. The summed E-state index contributed by atoms with van der Waals surface area (Å²) < 4.78 is 6.79. The summed E-state index contributed by atoms with van der Waals surface area (Å²) >= 11 is 5.63. The van der Waals surface area contributed by atoms with Gasteiger partial charge in [-0.25, -0.2) is 4.90 Å². The number of ether oxygens (including phenoxy) is 1. The molecule has 0 bridgehead atoms. The van der Waals surface area contributed by atoms with Crippen LogP contribution in [0, 0.1) is 5.92 Å². The number of carbonyl (C=O) groups excluding carboxylic acids is 3. The molecule has 3 atom stereocenters. The third-order valence-corrected chi connectivity index (χ3v) is 9.51. The van der Waals surface area contributed by atoms with Gasteiger partial charge in [0.15, 0.2) is 6.61 Å². The lowest BCUT2D eigenvalue weighted by atomic mass is 9.82. The predicted molar refractivity (Wildman–Crippen MR) is 154 cm³/mol. The fraction of sp³-hybridized carbons (Fsp3) is 0.143. The van der Waals surface area contributed by atoms with Gasteiger partial charge in [-0.1, -0.05) is 75.4 Å². The van der Waals surface area contributed by atoms with Gasteiger partial charge in [0.25, 0.3) is 5.91 Å². The summed E-state index contributed by atoms with van der Waals surface area (Å²) in [5.41, 5.74) is 1.77. The van der Waals surface area contributed by atoms with E-state index in [1.54, 1.807) is 48.5 Å². The van der Waals surface area contributed by atoms with Crippen LogP contribution in [-0.4, -0.2) is 34.6 Å². The summed E-state index contributed by atoms with van der Waals surface area (Å²) in [5.74, 6) is -1.97. The number of rotatable bonds is 6. The van der Waals surface area contributed by atoms with Crippen LogP contribution in [0.5, 0.6) is 5.75 Å². The smallest absolute Gasteiger partial charge is 0.305 e. The second-order valence-electron chi connectivity index (χ2n) is 8.98. The van der Waals surface area contributed by atoms with Crippen LogP contribution >= 0.6 is 39.0 Å². The van der Waals surface area contributed by atoms with E-state index in [4.69, 9.17) is 4.74 Å². The Balaban J connectivity index is 1.35. The maximum Gasteiger partial charge on any atom is 0.305 e. The minimum atomic E-state index is -0.756. The van der Waals surface area contributed by atoms with Gasteiger partial charge in [0.2, 0.25) is 11.8 Å². The normalized spacial score (nSPS) is 19.9. The molecule has 11 heteroatoms. The molecular weight excluding hydrogens is 602 g/mol. The summed E-state index contributed by atoms with van der Waals surface area (Å²) in [6.07, 6.45) is 0. The molecule has 196 valence electrons. The molecule has 3 amide bonds. The van der Waals surface area contributed by atoms with Gasteiger partial charge in [0.1, 0.15) is 11.0 Å². The standard InChI is InChI=1S/C28H20BrN3O5S2/c29-15-10-12-17(13-11-15)32-26(34)22-21(23-25(31-28(36)39-23)38-24(22)27(32)35)18-8-4-5-9-19(18)37-14-20(33)30-16-6-2-1-3-7-16/h1-13,21-22,24H,14H2,(H,30,33)(H,31,36). The number of para-hydroxylation sites is 2. The molecule has 0 saturated carbocycles. The number of amides is 3. The van der Waals surface area contributed by atoms with Gasteiger partial charge in [-0.3, -0.25) is 19.2 Å². The van der Waals surface area contributed by atoms with Crippen molar-refractivity contribution in [2.24, 2.45) is 5.92 Å². The molecule has 2 N–H and O–H groups in total. The Morgan fingerprint density at radius 2 is 1.67 bits per heavy atom. The Morgan fingerprint density at radius 3 is 2.44 bits per heavy atom. The minimum absolute atomic E-state index is 0.254. The van der Waals surface area contributed by atoms with Crippen LogP contribution in [0.1, 0.15) is 16.4 Å². The Morgan fingerprint density at radius 1 is 0.949 bits per heavy atom. The molecule has 3 heterocycles. The Kier molecular flexibility index (Phi) is 6.88. The SMILES string of the molecule is O=C(COc1ccccc1C1c2sc(=O)[nH]c2SC2C(=O)N(c3ccc(Br)cc3)C(=O)C21)Nc1ccccc1. The third-order valence-electron chi connectivity index (χ3n) is 6.58. The first-order valence-corrected chi connectivity index (χ1v) is 14.5. The van der Waals surface area contributed by atoms with Gasteiger partial charge in [0.05, 0.1) is 16.6 Å². The van der Waals surface area contributed by atoms with Crippen LogP contribution in [-0.2, 0) is 14.4 Å². The predicted octanol–water partition coefficient (Wildman–Crippen LogP) is 5.01. The second kappa shape index (κ2) is 10.5. The number of imide groups is 1. The van der Waals surface area contributed by atoms with Crippen molar-refractivity contribution in [1.82, 2.24) is 4.98 Å². The fourth-order valence-electron chi connectivity index (χ4n) is 4.93. The molecule has 0 radical (unpaired) electrons. The molecule has 3 aromatic carbocycles. The molecule has 6 rings (SSSR count). The number of nitrogens with zero attached hydrogens (tertiary/aromatic N) is 1. The first-order chi connectivity index (χ1) is 18.9. The lowest BCUT2D eigenvalue weighted by Gasteiger charge is -2.30. The van der Waals surface area contributed by atoms with Crippen molar-refractivity contribution in [3.63, 3.8) is 0 Å². The summed E-state index contributed by atoms with van der Waals surface area (Å²) in [6.45, 7) is -0.254. The number of anilines is 2. The van der Waals surface area contributed by atoms with Gasteiger partial charge in [0, 0.05) is 26.5 Å². The average molecular weight is 623 g/mol. The molecule has 1 aromatic heterocycles. The lowest BCUT2D eigenvalue weighted by Crippen LogP contribution is -2.32. The van der Waals surface area contributed by atoms with E-state index in [0.29, 0.717) is 32.6 Å². The maximum absolute atomic E-state index is 13.9. The van der Waals surface area contributed by atoms with E-state index in [0.717, 1.165) is 15.8 Å². The highest BCUT2D eigenvalue weighted by Crippen LogP contribution is 2.54. The molecular formula is C28H20BrN3O5S2. The monoisotopic (exact) mass is 621 g/mol. The van der Waals surface area contributed by atoms with Crippen LogP contribution in [0.4, 0.5) is 11.4 Å². The number of hydrogen-bond donors (Lipinski definition) is 2. The summed E-state index contributed by atoms with van der Waals surface area (Å²) in [6, 6.07) is 23.2. The average Bonchev–Trinajstić information content (AvgIpc) is 3.43. The molecule has 0 spiro atoms. The van der Waals surface area contributed by atoms with E-state index in [9.17, 15) is 19.2 Å². The highest BCUT2D eigenvalue weighted by atomic mass is 79.9. The number of thioether (sulfide) groups is 1. The minimum Gasteiger partial charge on any atom is -0.483 e. The summed E-state index contributed by atoms with van der Waals surface area (Å²) in [5, 5.41) is 2.64. The van der Waals surface area contributed by atoms with Gasteiger partial charge in [-0.15, -0.1) is 0 Å². The molecule has 0 aliphatic carbocycles. The van der Waals surface area contributed by atoms with Crippen LogP contribution in [0.3, 0.4) is 0 Å². The number of thiazole rings is 1. The van der Waals surface area contributed by atoms with Gasteiger partial charge >= 0.3 is 4.87 Å². The van der Waals surface area contributed by atoms with E-state index in [1.807, 2.05) is 30.3 Å². The topological polar surface area (TPSA) is 109 Å². The third kappa shape index (κ3) is 4.81. The Bertz CT molecular complexity index is 1640. The van der Waals surface area contributed by atoms with Gasteiger partial charge in [-0.2, -0.15) is 0 Å². The highest BCUT2D eigenvalue weighted by Gasteiger charge is 2.56. The number of H-pyrrole nitrogens is 1. The van der Waals surface area contributed by atoms with Crippen molar-refractivity contribution >= 4 is 68.1 Å². The zero-order valence-corrected chi connectivity index (χ0v) is 23.3. The van der Waals surface area contributed by atoms with E-state index in [-0.39, 0.29) is 29.2 Å². The van der Waals surface area contributed by atoms with Gasteiger partial charge < -0.3 is 15.0 Å². The Hall–Kier alpha value is -3.67. The number of hydrogen-bond acceptors (Lipinski definition) is 7. The number of nitrogens with one attached hydrogen (secondary N) is 2. The fourth-order valence-corrected chi connectivity index (χ4v) is 7.70. The highest BCUT2D eigenvalue weighted by molar-refractivity contribution is 9.10. The quantitative estimate of drug-likeness (QED) is 0.293. The summed E-state index contributed by atoms with van der Waals surface area (Å²) in [7, 11) is 0. The molecule has 1 fully saturated rings. The van der Waals surface area contributed by atoms with E-state index < -0.39 is 17.1 Å². The van der Waals surface area contributed by atoms with Crippen LogP contribution in [0.25, 0.3) is 0 Å². The molecule has 2 aliphatic heterocycles. The van der Waals surface area contributed by atoms with Crippen molar-refractivity contribution in [2.75, 3.05) is 16.8 Å². The van der Waals surface area contributed by atoms with Crippen molar-refractivity contribution in [2.45, 2.75) is 16.2 Å². The van der Waals surface area contributed by atoms with E-state index >= 15 is 0 Å². The van der Waals surface area contributed by atoms with E-state index in [2.05, 4.69) is 26.2 Å². The number of halogens is 1. The second-order valence-corrected chi connectivity index (χ2v) is 12.1. The molecule has 4 aromatic rings. The number of benzene rings is 3. The number of aromatic amines is 1. The van der Waals surface area contributed by atoms with Crippen molar-refractivity contribution < 1.29 is 19.1 Å². The zero-order chi connectivity index (χ0) is 27.1. The molecule has 2 aliphatic rings. The van der Waals surface area contributed by atoms with Crippen molar-refractivity contribution in [1.29, 1.82) is 0 Å². The maximum atomic E-state index is 13.9. The van der Waals surface area contributed by atoms with Crippen LogP contribution < -0.4 is 19.8 Å². The van der Waals surface area contributed by atoms with Gasteiger partial charge in [-0.05, 0) is 42.5 Å². The van der Waals surface area contributed by atoms with Crippen molar-refractivity contribution in [3.05, 3.63) is 103 Å². The molecule has 39 heavy (non-hydrogen) atoms. The molecule has 3 unspecified atom stereocenters. The van der Waals surface area contributed by atoms with E-state index in [1.165, 1.54) is 16.7 Å². The lowest BCUT2D eigenvalue weighted by molar-refractivity contribution is -0.122. The Labute approximate surface area is 239 Å². The van der Waals surface area contributed by atoms with Crippen LogP contribution in [0.2, 0.25) is 0 Å². The first kappa shape index (κ1) is 25.6. The number of carbonyl (C=O) groups is 3.